The van der Waals surface area contributed by atoms with Gasteiger partial charge in [-0.1, -0.05) is 12.1 Å². The second kappa shape index (κ2) is 4.80. The van der Waals surface area contributed by atoms with Gasteiger partial charge in [0, 0.05) is 5.90 Å². The van der Waals surface area contributed by atoms with Crippen molar-refractivity contribution < 1.29 is 4.74 Å². The Hall–Kier alpha value is -0.110. The van der Waals surface area contributed by atoms with Gasteiger partial charge in [-0.2, -0.15) is 0 Å². The Morgan fingerprint density at radius 1 is 1.42 bits per heavy atom. The van der Waals surface area contributed by atoms with Crippen LogP contribution in [-0.2, 0) is 30.2 Å². The zero-order chi connectivity index (χ0) is 8.97. The van der Waals surface area contributed by atoms with E-state index >= 15 is 0 Å². The van der Waals surface area contributed by atoms with Gasteiger partial charge >= 0.3 is 0 Å². The molecule has 1 nitrogen and oxygen atoms in total. The molecule has 1 unspecified atom stereocenters. The van der Waals surface area contributed by atoms with E-state index in [1.165, 1.54) is 5.56 Å². The molecule has 0 aromatic heterocycles. The lowest BCUT2D eigenvalue weighted by Crippen LogP contribution is -1.83. The zero-order valence-electron chi connectivity index (χ0n) is 6.69. The largest absolute Gasteiger partial charge is 0.497 e. The van der Waals surface area contributed by atoms with E-state index in [1.54, 1.807) is 7.11 Å². The predicted molar refractivity (Wildman–Crippen MR) is 58.3 cm³/mol. The van der Waals surface area contributed by atoms with Gasteiger partial charge < -0.3 is 17.0 Å². The molecular formula is C8H9OPS2. The van der Waals surface area contributed by atoms with Gasteiger partial charge in [0.1, 0.15) is 23.7 Å². The third-order valence-electron chi connectivity index (χ3n) is 1.47. The van der Waals surface area contributed by atoms with Crippen molar-refractivity contribution in [3.63, 3.8) is 0 Å². The molecule has 1 atom stereocenters. The maximum absolute atomic E-state index is 5.03. The maximum Gasteiger partial charge on any atom is 0.132 e. The van der Waals surface area contributed by atoms with Crippen LogP contribution in [0.25, 0.3) is 0 Å². The second-order valence-corrected chi connectivity index (χ2v) is 6.66. The summed E-state index contributed by atoms with van der Waals surface area (Å²) in [6, 6.07) is 7.87. The molecule has 0 radical (unpaired) electrons. The van der Waals surface area contributed by atoms with E-state index in [1.807, 2.05) is 24.3 Å². The summed E-state index contributed by atoms with van der Waals surface area (Å²) in [6.07, 6.45) is 0.837. The monoisotopic (exact) mass is 216 g/mol. The molecule has 1 aromatic carbocycles. The van der Waals surface area contributed by atoms with Gasteiger partial charge in [0.25, 0.3) is 0 Å². The molecule has 0 aliphatic rings. The van der Waals surface area contributed by atoms with Crippen LogP contribution in [0.5, 0.6) is 5.75 Å². The van der Waals surface area contributed by atoms with Gasteiger partial charge in [-0.05, 0) is 17.7 Å². The first-order valence-electron chi connectivity index (χ1n) is 3.47. The van der Waals surface area contributed by atoms with Crippen LogP contribution >= 0.6 is 5.90 Å². The standard InChI is InChI=1S/C8H9OPS2/c1-9-8-4-2-7(3-5-8)6-10(11)12/h2-5H,6H2,1H3. The van der Waals surface area contributed by atoms with Crippen molar-refractivity contribution in [1.82, 2.24) is 0 Å². The lowest BCUT2D eigenvalue weighted by molar-refractivity contribution is 0.414. The van der Waals surface area contributed by atoms with Gasteiger partial charge in [-0.25, -0.2) is 0 Å². The fourth-order valence-electron chi connectivity index (χ4n) is 0.880. The van der Waals surface area contributed by atoms with Gasteiger partial charge in [-0.3, -0.25) is 0 Å². The summed E-state index contributed by atoms with van der Waals surface area (Å²) in [5, 5.41) is 0. The summed E-state index contributed by atoms with van der Waals surface area (Å²) in [4.78, 5) is 0. The highest BCUT2D eigenvalue weighted by Gasteiger charge is 1.97. The van der Waals surface area contributed by atoms with Crippen molar-refractivity contribution in [2.45, 2.75) is 6.16 Å². The quantitative estimate of drug-likeness (QED) is 0.567. The van der Waals surface area contributed by atoms with Crippen molar-refractivity contribution in [3.8, 4) is 5.75 Å². The van der Waals surface area contributed by atoms with E-state index in [2.05, 4.69) is 0 Å². The SMILES string of the molecule is COc1ccc(C[P+](=S)[S-])cc1. The van der Waals surface area contributed by atoms with Gasteiger partial charge in [0.2, 0.25) is 0 Å². The Morgan fingerprint density at radius 3 is 2.42 bits per heavy atom. The molecule has 0 fully saturated rings. The minimum Gasteiger partial charge on any atom is -0.497 e. The number of hydrogen-bond acceptors (Lipinski definition) is 3. The van der Waals surface area contributed by atoms with E-state index in [4.69, 9.17) is 28.8 Å². The lowest BCUT2D eigenvalue weighted by Gasteiger charge is -2.00. The summed E-state index contributed by atoms with van der Waals surface area (Å²) in [7, 11) is 1.65. The van der Waals surface area contributed by atoms with Gasteiger partial charge in [0.05, 0.1) is 7.11 Å². The van der Waals surface area contributed by atoms with Crippen LogP contribution < -0.4 is 4.74 Å². The average Bonchev–Trinajstić information content (AvgIpc) is 2.05. The zero-order valence-corrected chi connectivity index (χ0v) is 9.22. The molecule has 0 amide bonds. The van der Waals surface area contributed by atoms with Gasteiger partial charge in [0.15, 0.2) is 0 Å². The summed E-state index contributed by atoms with van der Waals surface area (Å²) in [6.45, 7) is 0. The fourth-order valence-corrected chi connectivity index (χ4v) is 2.28. The van der Waals surface area contributed by atoms with E-state index in [-0.39, 0.29) is 0 Å². The molecule has 64 valence electrons. The van der Waals surface area contributed by atoms with E-state index in [0.717, 1.165) is 11.9 Å². The first-order chi connectivity index (χ1) is 5.72. The first-order valence-corrected chi connectivity index (χ1v) is 7.02. The van der Waals surface area contributed by atoms with Crippen molar-refractivity contribution in [2.75, 3.05) is 7.11 Å². The predicted octanol–water partition coefficient (Wildman–Crippen LogP) is 2.60. The molecule has 12 heavy (non-hydrogen) atoms. The van der Waals surface area contributed by atoms with Crippen LogP contribution in [-0.4, -0.2) is 7.11 Å². The molecule has 0 saturated heterocycles. The highest BCUT2D eigenvalue weighted by Crippen LogP contribution is 2.24. The van der Waals surface area contributed by atoms with Crippen LogP contribution in [0.15, 0.2) is 24.3 Å². The van der Waals surface area contributed by atoms with E-state index in [9.17, 15) is 0 Å². The first kappa shape index (κ1) is 9.97. The maximum atomic E-state index is 5.03. The molecule has 0 spiro atoms. The van der Waals surface area contributed by atoms with Crippen molar-refractivity contribution in [3.05, 3.63) is 29.8 Å². The van der Waals surface area contributed by atoms with Crippen LogP contribution in [0.4, 0.5) is 0 Å². The molecule has 1 aromatic rings. The van der Waals surface area contributed by atoms with Crippen molar-refractivity contribution in [2.24, 2.45) is 0 Å². The number of methoxy groups -OCH3 is 1. The summed E-state index contributed by atoms with van der Waals surface area (Å²) < 4.78 is 5.03. The molecule has 0 bridgehead atoms. The minimum absolute atomic E-state index is 0.665. The van der Waals surface area contributed by atoms with Crippen molar-refractivity contribution >= 4 is 30.0 Å². The molecule has 1 rings (SSSR count). The number of hydrogen-bond donors (Lipinski definition) is 0. The molecule has 0 aliphatic heterocycles. The van der Waals surface area contributed by atoms with Crippen LogP contribution in [0, 0.1) is 0 Å². The topological polar surface area (TPSA) is 9.23 Å². The average molecular weight is 216 g/mol. The molecule has 0 N–H and O–H groups in total. The Kier molecular flexibility index (Phi) is 3.99. The number of benzene rings is 1. The minimum atomic E-state index is -0.665. The molecule has 0 saturated carbocycles. The fraction of sp³-hybridized carbons (Fsp3) is 0.250. The van der Waals surface area contributed by atoms with E-state index in [0.29, 0.717) is 0 Å². The Balaban J connectivity index is 2.71. The Labute approximate surface area is 83.7 Å². The van der Waals surface area contributed by atoms with Crippen molar-refractivity contribution in [1.29, 1.82) is 0 Å². The highest BCUT2D eigenvalue weighted by atomic mass is 32.9. The second-order valence-electron chi connectivity index (χ2n) is 2.34. The van der Waals surface area contributed by atoms with Crippen LogP contribution in [0.3, 0.4) is 0 Å². The highest BCUT2D eigenvalue weighted by molar-refractivity contribution is 8.46. The molecule has 4 heteroatoms. The Bertz CT molecular complexity index is 271. The third kappa shape index (κ3) is 3.10. The molecule has 0 heterocycles. The normalized spacial score (nSPS) is 11.0. The Morgan fingerprint density at radius 2 is 2.00 bits per heavy atom. The lowest BCUT2D eigenvalue weighted by atomic mass is 10.2. The smallest absolute Gasteiger partial charge is 0.132 e. The van der Waals surface area contributed by atoms with Gasteiger partial charge in [-0.15, -0.1) is 0 Å². The number of ether oxygens (including phenoxy) is 1. The van der Waals surface area contributed by atoms with E-state index < -0.39 is 5.90 Å². The summed E-state index contributed by atoms with van der Waals surface area (Å²) in [5.41, 5.74) is 1.20. The van der Waals surface area contributed by atoms with Crippen LogP contribution in [0.2, 0.25) is 0 Å². The van der Waals surface area contributed by atoms with Crippen LogP contribution in [0.1, 0.15) is 5.56 Å². The summed E-state index contributed by atoms with van der Waals surface area (Å²) >= 11 is 9.94. The summed E-state index contributed by atoms with van der Waals surface area (Å²) in [5.74, 6) is 0.207. The molecule has 0 aliphatic carbocycles. The third-order valence-corrected chi connectivity index (χ3v) is 2.87. The molecular weight excluding hydrogens is 207 g/mol. The number of rotatable bonds is 3.